The Balaban J connectivity index is 2.03. The Morgan fingerprint density at radius 3 is 2.55 bits per heavy atom. The Morgan fingerprint density at radius 1 is 1.15 bits per heavy atom. The molecule has 2 aromatic rings. The largest absolute Gasteiger partial charge is 0.314 e. The molecular formula is C17H25N3. The van der Waals surface area contributed by atoms with Gasteiger partial charge in [-0.3, -0.25) is 4.68 Å². The number of benzene rings is 1. The predicted molar refractivity (Wildman–Crippen MR) is 84.8 cm³/mol. The zero-order valence-corrected chi connectivity index (χ0v) is 12.8. The van der Waals surface area contributed by atoms with Crippen LogP contribution in [0.2, 0.25) is 0 Å². The molecule has 1 aromatic heterocycles. The quantitative estimate of drug-likeness (QED) is 0.835. The lowest BCUT2D eigenvalue weighted by Gasteiger charge is -2.12. The molecule has 1 heterocycles. The van der Waals surface area contributed by atoms with Gasteiger partial charge in [0.05, 0.1) is 6.20 Å². The van der Waals surface area contributed by atoms with Crippen molar-refractivity contribution < 1.29 is 0 Å². The zero-order chi connectivity index (χ0) is 14.4. The highest BCUT2D eigenvalue weighted by atomic mass is 15.3. The van der Waals surface area contributed by atoms with Crippen LogP contribution >= 0.6 is 0 Å². The molecule has 1 aromatic carbocycles. The van der Waals surface area contributed by atoms with Crippen LogP contribution in [0, 0.1) is 0 Å². The molecule has 2 rings (SSSR count). The van der Waals surface area contributed by atoms with Crippen LogP contribution < -0.4 is 5.32 Å². The number of likely N-dealkylation sites (N-methyl/N-ethyl adjacent to an activating group) is 1. The van der Waals surface area contributed by atoms with E-state index in [-0.39, 0.29) is 0 Å². The van der Waals surface area contributed by atoms with E-state index in [0.29, 0.717) is 6.04 Å². The number of aromatic nitrogens is 2. The number of nitrogens with one attached hydrogen (secondary N) is 1. The monoisotopic (exact) mass is 271 g/mol. The van der Waals surface area contributed by atoms with Crippen molar-refractivity contribution >= 4 is 0 Å². The van der Waals surface area contributed by atoms with Gasteiger partial charge in [-0.1, -0.05) is 38.1 Å². The third kappa shape index (κ3) is 3.94. The first-order valence-electron chi connectivity index (χ1n) is 7.58. The molecule has 0 aliphatic carbocycles. The summed E-state index contributed by atoms with van der Waals surface area (Å²) in [5.41, 5.74) is 3.82. The van der Waals surface area contributed by atoms with Gasteiger partial charge in [0.15, 0.2) is 0 Å². The summed E-state index contributed by atoms with van der Waals surface area (Å²) >= 11 is 0. The molecular weight excluding hydrogens is 246 g/mol. The third-order valence-electron chi connectivity index (χ3n) is 3.47. The van der Waals surface area contributed by atoms with E-state index in [0.717, 1.165) is 25.9 Å². The summed E-state index contributed by atoms with van der Waals surface area (Å²) < 4.78 is 2.01. The van der Waals surface area contributed by atoms with Gasteiger partial charge in [-0.2, -0.15) is 5.10 Å². The van der Waals surface area contributed by atoms with E-state index >= 15 is 0 Å². The van der Waals surface area contributed by atoms with E-state index in [2.05, 4.69) is 61.6 Å². The molecule has 0 aliphatic heterocycles. The predicted octanol–water partition coefficient (Wildman–Crippen LogP) is 3.50. The van der Waals surface area contributed by atoms with Gasteiger partial charge in [0.25, 0.3) is 0 Å². The van der Waals surface area contributed by atoms with Crippen LogP contribution in [0.3, 0.4) is 0 Å². The van der Waals surface area contributed by atoms with Crippen LogP contribution in [-0.4, -0.2) is 22.4 Å². The minimum Gasteiger partial charge on any atom is -0.314 e. The average Bonchev–Trinajstić information content (AvgIpc) is 2.89. The zero-order valence-electron chi connectivity index (χ0n) is 12.8. The van der Waals surface area contributed by atoms with Crippen molar-refractivity contribution in [1.82, 2.24) is 15.1 Å². The van der Waals surface area contributed by atoms with Gasteiger partial charge >= 0.3 is 0 Å². The van der Waals surface area contributed by atoms with E-state index in [9.17, 15) is 0 Å². The smallest absolute Gasteiger partial charge is 0.0568 e. The lowest BCUT2D eigenvalue weighted by Crippen LogP contribution is -2.27. The lowest BCUT2D eigenvalue weighted by molar-refractivity contribution is 0.565. The van der Waals surface area contributed by atoms with Crippen LogP contribution in [-0.2, 0) is 13.0 Å². The number of nitrogens with zero attached hydrogens (tertiary/aromatic N) is 2. The molecule has 3 nitrogen and oxygen atoms in total. The van der Waals surface area contributed by atoms with Gasteiger partial charge in [0.2, 0.25) is 0 Å². The first-order chi connectivity index (χ1) is 9.72. The Hall–Kier alpha value is -1.61. The fraction of sp³-hybridized carbons (Fsp3) is 0.471. The molecule has 108 valence electrons. The van der Waals surface area contributed by atoms with E-state index < -0.39 is 0 Å². The first kappa shape index (κ1) is 14.8. The summed E-state index contributed by atoms with van der Waals surface area (Å²) in [4.78, 5) is 0. The van der Waals surface area contributed by atoms with E-state index in [1.165, 1.54) is 16.7 Å². The van der Waals surface area contributed by atoms with Crippen molar-refractivity contribution in [2.24, 2.45) is 0 Å². The molecule has 0 spiro atoms. The van der Waals surface area contributed by atoms with E-state index in [1.54, 1.807) is 0 Å². The summed E-state index contributed by atoms with van der Waals surface area (Å²) in [6.45, 7) is 8.55. The van der Waals surface area contributed by atoms with Gasteiger partial charge in [0.1, 0.15) is 0 Å². The maximum absolute atomic E-state index is 4.38. The maximum Gasteiger partial charge on any atom is 0.0568 e. The third-order valence-corrected chi connectivity index (χ3v) is 3.47. The minimum absolute atomic E-state index is 0.526. The van der Waals surface area contributed by atoms with Crippen LogP contribution in [0.15, 0.2) is 36.7 Å². The Kier molecular flexibility index (Phi) is 5.36. The van der Waals surface area contributed by atoms with Crippen LogP contribution in [0.5, 0.6) is 0 Å². The van der Waals surface area contributed by atoms with Gasteiger partial charge in [-0.25, -0.2) is 0 Å². The number of aryl methyl sites for hydroxylation is 1. The maximum atomic E-state index is 4.38. The fourth-order valence-electron chi connectivity index (χ4n) is 2.47. The molecule has 0 saturated carbocycles. The average molecular weight is 271 g/mol. The summed E-state index contributed by atoms with van der Waals surface area (Å²) in [6.07, 6.45) is 6.26. The van der Waals surface area contributed by atoms with Gasteiger partial charge in [-0.05, 0) is 37.4 Å². The fourth-order valence-corrected chi connectivity index (χ4v) is 2.47. The highest BCUT2D eigenvalue weighted by Gasteiger charge is 2.04. The molecule has 0 bridgehead atoms. The van der Waals surface area contributed by atoms with Gasteiger partial charge < -0.3 is 5.32 Å². The molecule has 20 heavy (non-hydrogen) atoms. The molecule has 3 heteroatoms. The molecule has 0 radical (unpaired) electrons. The van der Waals surface area contributed by atoms with Crippen molar-refractivity contribution in [2.75, 3.05) is 6.54 Å². The molecule has 1 unspecified atom stereocenters. The number of rotatable bonds is 7. The number of hydrogen-bond acceptors (Lipinski definition) is 2. The second-order valence-corrected chi connectivity index (χ2v) is 5.35. The molecule has 1 N–H and O–H groups in total. The highest BCUT2D eigenvalue weighted by Crippen LogP contribution is 2.19. The van der Waals surface area contributed by atoms with Gasteiger partial charge in [-0.15, -0.1) is 0 Å². The SMILES string of the molecule is CCCn1cc(-c2ccc(CC(C)NCC)cc2)cn1. The van der Waals surface area contributed by atoms with Crippen molar-refractivity contribution in [1.29, 1.82) is 0 Å². The molecule has 0 amide bonds. The minimum atomic E-state index is 0.526. The second kappa shape index (κ2) is 7.25. The van der Waals surface area contributed by atoms with Crippen molar-refractivity contribution in [3.8, 4) is 11.1 Å². The summed E-state index contributed by atoms with van der Waals surface area (Å²) in [7, 11) is 0. The van der Waals surface area contributed by atoms with Crippen molar-refractivity contribution in [2.45, 2.75) is 46.2 Å². The summed E-state index contributed by atoms with van der Waals surface area (Å²) in [6, 6.07) is 9.36. The normalized spacial score (nSPS) is 12.6. The standard InChI is InChI=1S/C17H25N3/c1-4-10-20-13-17(12-19-20)16-8-6-15(7-9-16)11-14(3)18-5-2/h6-9,12-14,18H,4-5,10-11H2,1-3H3. The Bertz CT molecular complexity index is 513. The van der Waals surface area contributed by atoms with Crippen LogP contribution in [0.4, 0.5) is 0 Å². The van der Waals surface area contributed by atoms with E-state index in [1.807, 2.05) is 10.9 Å². The molecule has 0 aliphatic rings. The first-order valence-corrected chi connectivity index (χ1v) is 7.58. The van der Waals surface area contributed by atoms with Crippen molar-refractivity contribution in [3.05, 3.63) is 42.2 Å². The molecule has 1 atom stereocenters. The van der Waals surface area contributed by atoms with Crippen LogP contribution in [0.25, 0.3) is 11.1 Å². The second-order valence-electron chi connectivity index (χ2n) is 5.35. The number of hydrogen-bond donors (Lipinski definition) is 1. The Morgan fingerprint density at radius 2 is 1.90 bits per heavy atom. The lowest BCUT2D eigenvalue weighted by atomic mass is 10.0. The summed E-state index contributed by atoms with van der Waals surface area (Å²) in [5, 5.41) is 7.83. The topological polar surface area (TPSA) is 29.9 Å². The van der Waals surface area contributed by atoms with Crippen molar-refractivity contribution in [3.63, 3.8) is 0 Å². The highest BCUT2D eigenvalue weighted by molar-refractivity contribution is 5.61. The molecule has 0 fully saturated rings. The van der Waals surface area contributed by atoms with E-state index in [4.69, 9.17) is 0 Å². The molecule has 0 saturated heterocycles. The van der Waals surface area contributed by atoms with Crippen LogP contribution in [0.1, 0.15) is 32.8 Å². The summed E-state index contributed by atoms with van der Waals surface area (Å²) in [5.74, 6) is 0. The van der Waals surface area contributed by atoms with Gasteiger partial charge in [0, 0.05) is 24.3 Å². The Labute approximate surface area is 122 Å².